The van der Waals surface area contributed by atoms with Crippen molar-refractivity contribution in [1.29, 1.82) is 0 Å². The monoisotopic (exact) mass is 311 g/mol. The van der Waals surface area contributed by atoms with E-state index in [1.165, 1.54) is 11.8 Å². The number of ether oxygens (including phenoxy) is 1. The highest BCUT2D eigenvalue weighted by Gasteiger charge is 2.69. The molecule has 1 saturated carbocycles. The van der Waals surface area contributed by atoms with Crippen molar-refractivity contribution in [2.75, 3.05) is 26.0 Å². The molecule has 1 aliphatic carbocycles. The van der Waals surface area contributed by atoms with Crippen molar-refractivity contribution < 1.29 is 13.2 Å². The minimum atomic E-state index is -3.15. The van der Waals surface area contributed by atoms with E-state index in [2.05, 4.69) is 19.1 Å². The van der Waals surface area contributed by atoms with Crippen molar-refractivity contribution in [3.63, 3.8) is 0 Å². The predicted octanol–water partition coefficient (Wildman–Crippen LogP) is 1.74. The first-order valence-corrected chi connectivity index (χ1v) is 9.41. The number of hydrogen-bond acceptors (Lipinski definition) is 4. The van der Waals surface area contributed by atoms with Crippen molar-refractivity contribution in [3.05, 3.63) is 35.4 Å². The van der Waals surface area contributed by atoms with Crippen LogP contribution < -0.4 is 5.73 Å². The third-order valence-electron chi connectivity index (χ3n) is 4.54. The number of aryl methyl sites for hydroxylation is 1. The Kier molecular flexibility index (Phi) is 4.76. The van der Waals surface area contributed by atoms with Crippen LogP contribution in [-0.4, -0.2) is 39.7 Å². The van der Waals surface area contributed by atoms with E-state index in [1.54, 1.807) is 0 Å². The molecule has 1 aromatic rings. The maximum Gasteiger partial charge on any atom is 0.151 e. The number of benzene rings is 1. The second kappa shape index (κ2) is 6.07. The van der Waals surface area contributed by atoms with Gasteiger partial charge in [-0.15, -0.1) is 0 Å². The van der Waals surface area contributed by atoms with Gasteiger partial charge in [-0.1, -0.05) is 31.2 Å². The van der Waals surface area contributed by atoms with Crippen LogP contribution in [0, 0.1) is 5.41 Å². The van der Waals surface area contributed by atoms with Crippen LogP contribution in [0.2, 0.25) is 0 Å². The molecule has 0 radical (unpaired) electrons. The van der Waals surface area contributed by atoms with Crippen molar-refractivity contribution in [2.45, 2.75) is 31.4 Å². The Morgan fingerprint density at radius 3 is 2.29 bits per heavy atom. The van der Waals surface area contributed by atoms with Crippen LogP contribution in [0.5, 0.6) is 0 Å². The highest BCUT2D eigenvalue weighted by atomic mass is 32.2. The minimum Gasteiger partial charge on any atom is -0.381 e. The van der Waals surface area contributed by atoms with Gasteiger partial charge in [0.2, 0.25) is 0 Å². The van der Waals surface area contributed by atoms with Gasteiger partial charge in [0.25, 0.3) is 0 Å². The van der Waals surface area contributed by atoms with Crippen LogP contribution in [0.4, 0.5) is 0 Å². The van der Waals surface area contributed by atoms with Crippen LogP contribution in [-0.2, 0) is 21.0 Å². The topological polar surface area (TPSA) is 69.4 Å². The maximum absolute atomic E-state index is 12.1. The van der Waals surface area contributed by atoms with Crippen LogP contribution in [0.15, 0.2) is 24.3 Å². The quantitative estimate of drug-likeness (QED) is 0.833. The molecule has 3 atom stereocenters. The molecule has 1 fully saturated rings. The molecular formula is C16H25NO3S. The molecule has 0 bridgehead atoms. The van der Waals surface area contributed by atoms with Gasteiger partial charge in [-0.05, 0) is 24.5 Å². The van der Waals surface area contributed by atoms with Gasteiger partial charge in [0.1, 0.15) is 0 Å². The zero-order valence-electron chi connectivity index (χ0n) is 13.0. The van der Waals surface area contributed by atoms with Gasteiger partial charge in [-0.3, -0.25) is 0 Å². The van der Waals surface area contributed by atoms with Crippen molar-refractivity contribution in [3.8, 4) is 0 Å². The lowest BCUT2D eigenvalue weighted by Crippen LogP contribution is -2.28. The lowest BCUT2D eigenvalue weighted by Gasteiger charge is -2.15. The number of hydrogen-bond donors (Lipinski definition) is 1. The lowest BCUT2D eigenvalue weighted by atomic mass is 9.99. The summed E-state index contributed by atoms with van der Waals surface area (Å²) in [5.74, 6) is -0.0602. The Bertz CT molecular complexity index is 582. The van der Waals surface area contributed by atoms with Crippen LogP contribution >= 0.6 is 0 Å². The second-order valence-electron chi connectivity index (χ2n) is 5.90. The molecule has 0 aromatic heterocycles. The Hall–Kier alpha value is -0.910. The molecule has 21 heavy (non-hydrogen) atoms. The largest absolute Gasteiger partial charge is 0.381 e. The number of rotatable bonds is 7. The molecule has 0 spiro atoms. The smallest absolute Gasteiger partial charge is 0.151 e. The van der Waals surface area contributed by atoms with Gasteiger partial charge < -0.3 is 10.5 Å². The molecule has 2 N–H and O–H groups in total. The van der Waals surface area contributed by atoms with E-state index in [1.807, 2.05) is 19.1 Å². The Balaban J connectivity index is 2.34. The lowest BCUT2D eigenvalue weighted by molar-refractivity contribution is 0.101. The molecule has 0 amide bonds. The van der Waals surface area contributed by atoms with Gasteiger partial charge in [-0.2, -0.15) is 0 Å². The van der Waals surface area contributed by atoms with Gasteiger partial charge in [0.15, 0.2) is 9.84 Å². The number of nitrogens with two attached hydrogens (primary N) is 1. The van der Waals surface area contributed by atoms with Crippen molar-refractivity contribution in [1.82, 2.24) is 0 Å². The standard InChI is InChI=1S/C16H25NO3S/c1-4-12-6-8-13(9-7-12)14-15(21(3,18)19)16(14,10-17)11-20-5-2/h6-9,14-15H,4-5,10-11,17H2,1-3H3/t14-,15-,16+/m0/s1. The summed E-state index contributed by atoms with van der Waals surface area (Å²) in [6.45, 7) is 5.31. The van der Waals surface area contributed by atoms with E-state index in [-0.39, 0.29) is 5.92 Å². The molecular weight excluding hydrogens is 286 g/mol. The highest BCUT2D eigenvalue weighted by Crippen LogP contribution is 2.62. The number of sulfone groups is 1. The van der Waals surface area contributed by atoms with E-state index >= 15 is 0 Å². The van der Waals surface area contributed by atoms with E-state index in [9.17, 15) is 8.42 Å². The first kappa shape index (κ1) is 16.5. The van der Waals surface area contributed by atoms with Crippen LogP contribution in [0.3, 0.4) is 0 Å². The fourth-order valence-corrected chi connectivity index (χ4v) is 5.37. The third-order valence-corrected chi connectivity index (χ3v) is 6.21. The van der Waals surface area contributed by atoms with Gasteiger partial charge in [0.05, 0.1) is 11.9 Å². The molecule has 1 aliphatic rings. The molecule has 5 heteroatoms. The molecule has 0 heterocycles. The zero-order valence-corrected chi connectivity index (χ0v) is 13.8. The Morgan fingerprint density at radius 1 is 1.24 bits per heavy atom. The molecule has 0 unspecified atom stereocenters. The first-order valence-electron chi connectivity index (χ1n) is 7.46. The summed E-state index contributed by atoms with van der Waals surface area (Å²) in [5, 5.41) is -0.436. The average Bonchev–Trinajstić information content (AvgIpc) is 3.15. The van der Waals surface area contributed by atoms with Crippen molar-refractivity contribution in [2.24, 2.45) is 11.1 Å². The van der Waals surface area contributed by atoms with Crippen LogP contribution in [0.1, 0.15) is 30.9 Å². The fourth-order valence-electron chi connectivity index (χ4n) is 3.36. The summed E-state index contributed by atoms with van der Waals surface area (Å²) >= 11 is 0. The van der Waals surface area contributed by atoms with E-state index in [4.69, 9.17) is 10.5 Å². The highest BCUT2D eigenvalue weighted by molar-refractivity contribution is 7.91. The van der Waals surface area contributed by atoms with Crippen LogP contribution in [0.25, 0.3) is 0 Å². The summed E-state index contributed by atoms with van der Waals surface area (Å²) in [4.78, 5) is 0. The maximum atomic E-state index is 12.1. The molecule has 1 aromatic carbocycles. The second-order valence-corrected chi connectivity index (χ2v) is 8.06. The minimum absolute atomic E-state index is 0.0602. The zero-order chi connectivity index (χ0) is 15.7. The molecule has 0 aliphatic heterocycles. The molecule has 4 nitrogen and oxygen atoms in total. The van der Waals surface area contributed by atoms with E-state index < -0.39 is 20.5 Å². The Labute approximate surface area is 127 Å². The summed E-state index contributed by atoms with van der Waals surface area (Å²) < 4.78 is 29.8. The molecule has 118 valence electrons. The fraction of sp³-hybridized carbons (Fsp3) is 0.625. The van der Waals surface area contributed by atoms with Crippen molar-refractivity contribution >= 4 is 9.84 Å². The summed E-state index contributed by atoms with van der Waals surface area (Å²) in [5.41, 5.74) is 7.76. The van der Waals surface area contributed by atoms with Gasteiger partial charge >= 0.3 is 0 Å². The normalized spacial score (nSPS) is 28.6. The summed E-state index contributed by atoms with van der Waals surface area (Å²) in [7, 11) is -3.15. The average molecular weight is 311 g/mol. The predicted molar refractivity (Wildman–Crippen MR) is 85.2 cm³/mol. The summed E-state index contributed by atoms with van der Waals surface area (Å²) in [6.07, 6.45) is 2.27. The SMILES string of the molecule is CCOC[C@]1(CN)[C@@H](c2ccc(CC)cc2)[C@@H]1S(C)(=O)=O. The van der Waals surface area contributed by atoms with Gasteiger partial charge in [-0.25, -0.2) is 8.42 Å². The molecule has 0 saturated heterocycles. The van der Waals surface area contributed by atoms with E-state index in [0.717, 1.165) is 12.0 Å². The van der Waals surface area contributed by atoms with E-state index in [0.29, 0.717) is 19.8 Å². The Morgan fingerprint density at radius 2 is 1.86 bits per heavy atom. The molecule has 2 rings (SSSR count). The summed E-state index contributed by atoms with van der Waals surface area (Å²) in [6, 6.07) is 8.19. The third kappa shape index (κ3) is 3.00. The van der Waals surface area contributed by atoms with Gasteiger partial charge in [0, 0.05) is 30.7 Å². The first-order chi connectivity index (χ1) is 9.90.